The number of nitrogens with one attached hydrogen (secondary N) is 1. The van der Waals surface area contributed by atoms with E-state index in [0.29, 0.717) is 132 Å². The molecule has 0 unspecified atom stereocenters. The quantitative estimate of drug-likeness (QED) is 0.0406. The van der Waals surface area contributed by atoms with Gasteiger partial charge in [0, 0.05) is 19.0 Å². The lowest BCUT2D eigenvalue weighted by molar-refractivity contribution is -0.393. The molecule has 1 N–H and O–H groups in total. The molecule has 0 atom stereocenters. The van der Waals surface area contributed by atoms with Crippen LogP contribution >= 0.6 is 0 Å². The number of esters is 1. The number of non-ortho nitro benzene ring substituents is 1. The molecule has 1 rings (SSSR count). The molecule has 0 aliphatic rings. The summed E-state index contributed by atoms with van der Waals surface area (Å²) in [6.07, 6.45) is 8.71. The van der Waals surface area contributed by atoms with Gasteiger partial charge in [-0.2, -0.15) is 0 Å². The molecule has 0 saturated heterocycles. The summed E-state index contributed by atoms with van der Waals surface area (Å²) in [5, 5.41) is 24.8. The highest BCUT2D eigenvalue weighted by Gasteiger charge is 2.19. The summed E-state index contributed by atoms with van der Waals surface area (Å²) in [5.74, 6) is -0.154. The molecular formula is C38H67N3O16. The van der Waals surface area contributed by atoms with Gasteiger partial charge < -0.3 is 57.4 Å². The van der Waals surface area contributed by atoms with Crippen LogP contribution in [0.5, 0.6) is 0 Å². The van der Waals surface area contributed by atoms with E-state index in [-0.39, 0.29) is 42.8 Å². The summed E-state index contributed by atoms with van der Waals surface area (Å²) in [5.41, 5.74) is -0.533. The van der Waals surface area contributed by atoms with Gasteiger partial charge in [-0.15, -0.1) is 0 Å². The number of nitro benzene ring substituents is 2. The molecule has 1 aromatic carbocycles. The molecule has 330 valence electrons. The van der Waals surface area contributed by atoms with Gasteiger partial charge in [0.15, 0.2) is 0 Å². The lowest BCUT2D eigenvalue weighted by Crippen LogP contribution is -2.16. The number of hydrogen-bond donors (Lipinski definition) is 1. The largest absolute Gasteiger partial charge is 0.463 e. The molecule has 19 nitrogen and oxygen atoms in total. The van der Waals surface area contributed by atoms with Crippen molar-refractivity contribution in [1.29, 1.82) is 0 Å². The van der Waals surface area contributed by atoms with Crippen LogP contribution in [0.1, 0.15) is 58.3 Å². The highest BCUT2D eigenvalue weighted by molar-refractivity contribution is 5.69. The van der Waals surface area contributed by atoms with Crippen molar-refractivity contribution in [2.75, 3.05) is 151 Å². The fraction of sp³-hybridized carbons (Fsp3) is 0.816. The van der Waals surface area contributed by atoms with Gasteiger partial charge in [0.2, 0.25) is 0 Å². The Morgan fingerprint density at radius 1 is 0.509 bits per heavy atom. The summed E-state index contributed by atoms with van der Waals surface area (Å²) >= 11 is 0. The number of carbonyl (C=O) groups is 1. The van der Waals surface area contributed by atoms with Gasteiger partial charge in [-0.3, -0.25) is 25.0 Å². The van der Waals surface area contributed by atoms with E-state index >= 15 is 0 Å². The molecule has 0 fully saturated rings. The number of rotatable bonds is 44. The Kier molecular flexibility index (Phi) is 36.2. The third-order valence-corrected chi connectivity index (χ3v) is 7.77. The Hall–Kier alpha value is -3.11. The maximum Gasteiger partial charge on any atom is 0.305 e. The smallest absolute Gasteiger partial charge is 0.305 e. The average Bonchev–Trinajstić information content (AvgIpc) is 3.20. The maximum atomic E-state index is 11.7. The number of carbonyl (C=O) groups excluding carboxylic acids is 1. The van der Waals surface area contributed by atoms with E-state index in [0.717, 1.165) is 18.9 Å². The summed E-state index contributed by atoms with van der Waals surface area (Å²) in [6.45, 7) is 11.3. The molecule has 0 saturated carbocycles. The van der Waals surface area contributed by atoms with Crippen LogP contribution < -0.4 is 5.32 Å². The van der Waals surface area contributed by atoms with Crippen LogP contribution in [-0.4, -0.2) is 161 Å². The van der Waals surface area contributed by atoms with Crippen molar-refractivity contribution >= 4 is 23.0 Å². The van der Waals surface area contributed by atoms with E-state index in [1.165, 1.54) is 44.2 Å². The summed E-state index contributed by atoms with van der Waals surface area (Å²) in [6, 6.07) is 3.42. The molecule has 0 spiro atoms. The predicted molar refractivity (Wildman–Crippen MR) is 210 cm³/mol. The van der Waals surface area contributed by atoms with Crippen molar-refractivity contribution in [1.82, 2.24) is 0 Å². The van der Waals surface area contributed by atoms with E-state index in [2.05, 4.69) is 12.2 Å². The molecule has 57 heavy (non-hydrogen) atoms. The lowest BCUT2D eigenvalue weighted by atomic mass is 10.1. The first-order valence-electron chi connectivity index (χ1n) is 20.1. The van der Waals surface area contributed by atoms with E-state index in [9.17, 15) is 25.0 Å². The minimum Gasteiger partial charge on any atom is -0.463 e. The normalized spacial score (nSPS) is 11.2. The zero-order valence-corrected chi connectivity index (χ0v) is 33.9. The molecule has 0 radical (unpaired) electrons. The summed E-state index contributed by atoms with van der Waals surface area (Å²) in [7, 11) is 0. The first kappa shape index (κ1) is 51.9. The minimum atomic E-state index is -0.682. The van der Waals surface area contributed by atoms with Crippen LogP contribution in [0.4, 0.5) is 17.1 Å². The van der Waals surface area contributed by atoms with Crippen molar-refractivity contribution in [3.8, 4) is 0 Å². The second-order valence-electron chi connectivity index (χ2n) is 12.4. The van der Waals surface area contributed by atoms with E-state index in [4.69, 9.17) is 52.1 Å². The number of nitro groups is 2. The van der Waals surface area contributed by atoms with Gasteiger partial charge in [0.05, 0.1) is 148 Å². The van der Waals surface area contributed by atoms with Crippen molar-refractivity contribution in [3.63, 3.8) is 0 Å². The standard InChI is InChI=1S/C38H67N3O16/c1-2-3-4-5-6-7-8-9-38(42)57-33-32-56-31-30-55-29-28-54-27-26-53-25-24-52-23-22-51-21-20-50-19-18-49-17-16-48-15-14-47-13-12-39-36-11-10-35(40(43)44)34-37(36)41(45)46/h10-11,34,39H,2-9,12-33H2,1H3. The Labute approximate surface area is 336 Å². The van der Waals surface area contributed by atoms with Gasteiger partial charge in [-0.25, -0.2) is 0 Å². The first-order valence-corrected chi connectivity index (χ1v) is 20.1. The van der Waals surface area contributed by atoms with Crippen LogP contribution in [-0.2, 0) is 56.9 Å². The van der Waals surface area contributed by atoms with Gasteiger partial charge >= 0.3 is 5.97 Å². The Morgan fingerprint density at radius 3 is 1.26 bits per heavy atom. The van der Waals surface area contributed by atoms with Gasteiger partial charge in [0.1, 0.15) is 12.3 Å². The van der Waals surface area contributed by atoms with Crippen molar-refractivity contribution < 1.29 is 66.7 Å². The van der Waals surface area contributed by atoms with E-state index in [1.54, 1.807) is 0 Å². The molecule has 19 heteroatoms. The topological polar surface area (TPSA) is 217 Å². The number of nitrogens with zero attached hydrogens (tertiary/aromatic N) is 2. The van der Waals surface area contributed by atoms with Crippen molar-refractivity contribution in [2.45, 2.75) is 58.3 Å². The van der Waals surface area contributed by atoms with Crippen molar-refractivity contribution in [2.24, 2.45) is 0 Å². The third-order valence-electron chi connectivity index (χ3n) is 7.77. The molecule has 1 aromatic rings. The fourth-order valence-electron chi connectivity index (χ4n) is 4.79. The number of benzene rings is 1. The second kappa shape index (κ2) is 39.7. The molecule has 0 aromatic heterocycles. The minimum absolute atomic E-state index is 0.154. The summed E-state index contributed by atoms with van der Waals surface area (Å²) in [4.78, 5) is 32.4. The third kappa shape index (κ3) is 33.6. The van der Waals surface area contributed by atoms with Crippen LogP contribution in [0.2, 0.25) is 0 Å². The maximum absolute atomic E-state index is 11.7. The van der Waals surface area contributed by atoms with Gasteiger partial charge in [-0.1, -0.05) is 45.4 Å². The molecule has 0 aliphatic carbocycles. The number of ether oxygens (including phenoxy) is 11. The van der Waals surface area contributed by atoms with E-state index in [1.807, 2.05) is 0 Å². The highest BCUT2D eigenvalue weighted by Crippen LogP contribution is 2.28. The lowest BCUT2D eigenvalue weighted by Gasteiger charge is -2.09. The van der Waals surface area contributed by atoms with Crippen LogP contribution in [0.25, 0.3) is 0 Å². The average molecular weight is 822 g/mol. The van der Waals surface area contributed by atoms with Crippen LogP contribution in [0.3, 0.4) is 0 Å². The second-order valence-corrected chi connectivity index (χ2v) is 12.4. The molecule has 0 amide bonds. The van der Waals surface area contributed by atoms with Crippen LogP contribution in [0.15, 0.2) is 18.2 Å². The SMILES string of the molecule is CCCCCCCCCC(=O)OCCOCCOCCOCCOCCOCCOCCOCCOCCOCCOCCNc1ccc([N+](=O)[O-])cc1[N+](=O)[O-]. The summed E-state index contributed by atoms with van der Waals surface area (Å²) < 4.78 is 59.8. The Bertz CT molecular complexity index is 1120. The fourth-order valence-corrected chi connectivity index (χ4v) is 4.79. The highest BCUT2D eigenvalue weighted by atomic mass is 16.6. The number of unbranched alkanes of at least 4 members (excludes halogenated alkanes) is 6. The molecule has 0 heterocycles. The number of hydrogen-bond acceptors (Lipinski definition) is 17. The molecule has 0 bridgehead atoms. The van der Waals surface area contributed by atoms with Crippen LogP contribution in [0, 0.1) is 20.2 Å². The molecule has 0 aliphatic heterocycles. The zero-order valence-electron chi connectivity index (χ0n) is 33.9. The Balaban J connectivity index is 1.70. The van der Waals surface area contributed by atoms with Crippen molar-refractivity contribution in [3.05, 3.63) is 38.4 Å². The Morgan fingerprint density at radius 2 is 0.877 bits per heavy atom. The van der Waals surface area contributed by atoms with Gasteiger partial charge in [0.25, 0.3) is 11.4 Å². The zero-order chi connectivity index (χ0) is 41.3. The monoisotopic (exact) mass is 821 g/mol. The first-order chi connectivity index (χ1) is 28.0. The number of anilines is 1. The predicted octanol–water partition coefficient (Wildman–Crippen LogP) is 4.76. The van der Waals surface area contributed by atoms with Gasteiger partial charge in [-0.05, 0) is 12.5 Å². The molecular weight excluding hydrogens is 754 g/mol. The van der Waals surface area contributed by atoms with E-state index < -0.39 is 9.85 Å².